The number of thiophene rings is 1. The Balaban J connectivity index is 1.78. The minimum absolute atomic E-state index is 0.0862. The molecule has 1 N–H and O–H groups in total. The number of hydrogen-bond acceptors (Lipinski definition) is 7. The lowest BCUT2D eigenvalue weighted by Crippen LogP contribution is -2.03. The Bertz CT molecular complexity index is 515. The summed E-state index contributed by atoms with van der Waals surface area (Å²) in [4.78, 5) is 1.36. The largest absolute Gasteiger partial charge is 0.360 e. The minimum Gasteiger partial charge on any atom is -0.360 e. The van der Waals surface area contributed by atoms with Crippen molar-refractivity contribution >= 4 is 39.6 Å². The predicted octanol–water partition coefficient (Wildman–Crippen LogP) is 3.26. The molecule has 0 saturated heterocycles. The average molecular weight is 296 g/mol. The molecule has 2 rings (SSSR count). The van der Waals surface area contributed by atoms with Gasteiger partial charge in [0.1, 0.15) is 0 Å². The maximum absolute atomic E-state index is 8.72. The first-order valence-electron chi connectivity index (χ1n) is 5.44. The SMILES string of the molecule is CC(C#N)Sc1nnc(NCCc2cccs2)s1. The molecular weight excluding hydrogens is 284 g/mol. The van der Waals surface area contributed by atoms with Crippen molar-refractivity contribution in [2.45, 2.75) is 22.9 Å². The number of nitriles is 1. The molecule has 4 nitrogen and oxygen atoms in total. The summed E-state index contributed by atoms with van der Waals surface area (Å²) in [6.45, 7) is 2.71. The molecule has 2 aromatic rings. The van der Waals surface area contributed by atoms with E-state index in [-0.39, 0.29) is 5.25 Å². The zero-order valence-electron chi connectivity index (χ0n) is 9.79. The van der Waals surface area contributed by atoms with Gasteiger partial charge in [-0.1, -0.05) is 29.2 Å². The highest BCUT2D eigenvalue weighted by Gasteiger charge is 2.08. The Hall–Kier alpha value is -1.10. The summed E-state index contributed by atoms with van der Waals surface area (Å²) in [5.41, 5.74) is 0. The van der Waals surface area contributed by atoms with Crippen molar-refractivity contribution in [1.82, 2.24) is 10.2 Å². The second-order valence-corrected chi connectivity index (χ2v) is 7.12. The molecular formula is C11H12N4S3. The van der Waals surface area contributed by atoms with Crippen molar-refractivity contribution in [1.29, 1.82) is 5.26 Å². The summed E-state index contributed by atoms with van der Waals surface area (Å²) >= 11 is 4.70. The number of thioether (sulfide) groups is 1. The molecule has 2 heterocycles. The van der Waals surface area contributed by atoms with E-state index in [9.17, 15) is 0 Å². The van der Waals surface area contributed by atoms with E-state index in [1.54, 1.807) is 11.3 Å². The van der Waals surface area contributed by atoms with Crippen LogP contribution in [0.1, 0.15) is 11.8 Å². The van der Waals surface area contributed by atoms with Crippen LogP contribution in [-0.4, -0.2) is 22.0 Å². The van der Waals surface area contributed by atoms with Crippen LogP contribution in [0.4, 0.5) is 5.13 Å². The average Bonchev–Trinajstić information content (AvgIpc) is 3.01. The first kappa shape index (κ1) is 13.3. The molecule has 7 heteroatoms. The predicted molar refractivity (Wildman–Crippen MR) is 77.4 cm³/mol. The van der Waals surface area contributed by atoms with Gasteiger partial charge in [0, 0.05) is 11.4 Å². The highest BCUT2D eigenvalue weighted by atomic mass is 32.2. The van der Waals surface area contributed by atoms with Gasteiger partial charge < -0.3 is 5.32 Å². The third-order valence-electron chi connectivity index (χ3n) is 2.09. The van der Waals surface area contributed by atoms with Gasteiger partial charge in [-0.3, -0.25) is 0 Å². The molecule has 94 valence electrons. The zero-order valence-corrected chi connectivity index (χ0v) is 12.2. The molecule has 0 bridgehead atoms. The quantitative estimate of drug-likeness (QED) is 0.829. The van der Waals surface area contributed by atoms with E-state index in [4.69, 9.17) is 5.26 Å². The molecule has 0 aliphatic rings. The molecule has 2 aromatic heterocycles. The number of aromatic nitrogens is 2. The number of anilines is 1. The monoisotopic (exact) mass is 296 g/mol. The van der Waals surface area contributed by atoms with Gasteiger partial charge in [0.05, 0.1) is 11.3 Å². The van der Waals surface area contributed by atoms with Crippen molar-refractivity contribution in [2.24, 2.45) is 0 Å². The molecule has 0 amide bonds. The molecule has 0 radical (unpaired) electrons. The van der Waals surface area contributed by atoms with Crippen LogP contribution in [0.15, 0.2) is 21.9 Å². The van der Waals surface area contributed by atoms with Crippen LogP contribution in [0.25, 0.3) is 0 Å². The summed E-state index contributed by atoms with van der Waals surface area (Å²) < 4.78 is 0.836. The van der Waals surface area contributed by atoms with Gasteiger partial charge in [-0.2, -0.15) is 5.26 Å². The molecule has 18 heavy (non-hydrogen) atoms. The van der Waals surface area contributed by atoms with Crippen LogP contribution in [0.2, 0.25) is 0 Å². The van der Waals surface area contributed by atoms with Gasteiger partial charge in [-0.25, -0.2) is 0 Å². The Morgan fingerprint density at radius 2 is 2.44 bits per heavy atom. The number of rotatable bonds is 6. The topological polar surface area (TPSA) is 61.6 Å². The molecule has 0 saturated carbocycles. The van der Waals surface area contributed by atoms with Crippen LogP contribution in [-0.2, 0) is 6.42 Å². The Kier molecular flexibility index (Phi) is 4.99. The molecule has 0 fully saturated rings. The third-order valence-corrected chi connectivity index (χ3v) is 4.99. The van der Waals surface area contributed by atoms with Crippen LogP contribution >= 0.6 is 34.4 Å². The molecule has 1 unspecified atom stereocenters. The van der Waals surface area contributed by atoms with Crippen LogP contribution < -0.4 is 5.32 Å². The van der Waals surface area contributed by atoms with E-state index in [1.807, 2.05) is 6.92 Å². The van der Waals surface area contributed by atoms with Gasteiger partial charge in [-0.15, -0.1) is 21.5 Å². The van der Waals surface area contributed by atoms with Crippen molar-refractivity contribution in [3.05, 3.63) is 22.4 Å². The van der Waals surface area contributed by atoms with Crippen molar-refractivity contribution in [2.75, 3.05) is 11.9 Å². The number of nitrogens with one attached hydrogen (secondary N) is 1. The first-order valence-corrected chi connectivity index (χ1v) is 8.01. The van der Waals surface area contributed by atoms with E-state index in [0.29, 0.717) is 0 Å². The van der Waals surface area contributed by atoms with E-state index in [1.165, 1.54) is 28.0 Å². The first-order chi connectivity index (χ1) is 8.78. The van der Waals surface area contributed by atoms with Gasteiger partial charge >= 0.3 is 0 Å². The smallest absolute Gasteiger partial charge is 0.206 e. The number of nitrogens with zero attached hydrogens (tertiary/aromatic N) is 3. The summed E-state index contributed by atoms with van der Waals surface area (Å²) in [6, 6.07) is 6.35. The molecule has 0 aliphatic carbocycles. The zero-order chi connectivity index (χ0) is 12.8. The highest BCUT2D eigenvalue weighted by Crippen LogP contribution is 2.28. The van der Waals surface area contributed by atoms with E-state index in [2.05, 4.69) is 39.1 Å². The second kappa shape index (κ2) is 6.73. The fraction of sp³-hybridized carbons (Fsp3) is 0.364. The molecule has 1 atom stereocenters. The lowest BCUT2D eigenvalue weighted by molar-refractivity contribution is 0.979. The summed E-state index contributed by atoms with van der Waals surface area (Å²) in [5.74, 6) is 0. The third kappa shape index (κ3) is 3.98. The fourth-order valence-corrected chi connectivity index (χ4v) is 3.77. The van der Waals surface area contributed by atoms with E-state index in [0.717, 1.165) is 22.4 Å². The summed E-state index contributed by atoms with van der Waals surface area (Å²) in [7, 11) is 0. The lowest BCUT2D eigenvalue weighted by atomic mass is 10.3. The van der Waals surface area contributed by atoms with Crippen LogP contribution in [0, 0.1) is 11.3 Å². The Morgan fingerprint density at radius 3 is 3.17 bits per heavy atom. The van der Waals surface area contributed by atoms with Crippen molar-refractivity contribution in [3.63, 3.8) is 0 Å². The Labute approximate surface area is 118 Å². The van der Waals surface area contributed by atoms with Gasteiger partial charge in [0.15, 0.2) is 4.34 Å². The van der Waals surface area contributed by atoms with Gasteiger partial charge in [0.2, 0.25) is 5.13 Å². The second-order valence-electron chi connectivity index (χ2n) is 3.52. The van der Waals surface area contributed by atoms with Crippen LogP contribution in [0.5, 0.6) is 0 Å². The van der Waals surface area contributed by atoms with Crippen molar-refractivity contribution in [3.8, 4) is 6.07 Å². The van der Waals surface area contributed by atoms with Gasteiger partial charge in [0.25, 0.3) is 0 Å². The standard InChI is InChI=1S/C11H12N4S3/c1-8(7-12)17-11-15-14-10(18-11)13-5-4-9-3-2-6-16-9/h2-3,6,8H,4-5H2,1H3,(H,13,14). The normalized spacial score (nSPS) is 12.0. The molecule has 0 spiro atoms. The fourth-order valence-electron chi connectivity index (χ4n) is 1.25. The maximum atomic E-state index is 8.72. The summed E-state index contributed by atoms with van der Waals surface area (Å²) in [6.07, 6.45) is 0.994. The maximum Gasteiger partial charge on any atom is 0.206 e. The summed E-state index contributed by atoms with van der Waals surface area (Å²) in [5, 5.41) is 22.9. The Morgan fingerprint density at radius 1 is 1.56 bits per heavy atom. The van der Waals surface area contributed by atoms with Gasteiger partial charge in [-0.05, 0) is 24.8 Å². The van der Waals surface area contributed by atoms with E-state index >= 15 is 0 Å². The van der Waals surface area contributed by atoms with Crippen molar-refractivity contribution < 1.29 is 0 Å². The number of hydrogen-bond donors (Lipinski definition) is 1. The minimum atomic E-state index is -0.0862. The highest BCUT2D eigenvalue weighted by molar-refractivity contribution is 8.01. The van der Waals surface area contributed by atoms with E-state index < -0.39 is 0 Å². The van der Waals surface area contributed by atoms with Crippen LogP contribution in [0.3, 0.4) is 0 Å². The molecule has 0 aliphatic heterocycles. The molecule has 0 aromatic carbocycles. The lowest BCUT2D eigenvalue weighted by Gasteiger charge is -1.99.